The van der Waals surface area contributed by atoms with Gasteiger partial charge in [0.2, 0.25) is 0 Å². The Morgan fingerprint density at radius 2 is 1.72 bits per heavy atom. The van der Waals surface area contributed by atoms with Crippen molar-refractivity contribution in [3.8, 4) is 5.75 Å². The van der Waals surface area contributed by atoms with Crippen LogP contribution in [0.5, 0.6) is 5.75 Å². The maximum Gasteiger partial charge on any atom is 0.123 e. The monoisotopic (exact) mass is 404 g/mol. The molecule has 1 heterocycles. The third-order valence-corrected chi connectivity index (χ3v) is 5.57. The van der Waals surface area contributed by atoms with Crippen molar-refractivity contribution in [1.82, 2.24) is 10.3 Å². The average Bonchev–Trinajstić information content (AvgIpc) is 3.36. The molecular weight excluding hydrogens is 380 g/mol. The first-order valence-corrected chi connectivity index (χ1v) is 9.92. The molecular formula is C25H25ClN2O. The topological polar surface area (TPSA) is 37.0 Å². The molecule has 1 aromatic heterocycles. The minimum atomic E-state index is 0. The first kappa shape index (κ1) is 19.6. The number of H-pyrrole nitrogens is 1. The second kappa shape index (κ2) is 8.73. The number of benzene rings is 3. The normalized spacial score (nSPS) is 17.7. The van der Waals surface area contributed by atoms with Crippen molar-refractivity contribution in [3.63, 3.8) is 0 Å². The zero-order valence-corrected chi connectivity index (χ0v) is 17.0. The molecule has 1 aliphatic carbocycles. The highest BCUT2D eigenvalue weighted by Crippen LogP contribution is 2.45. The second-order valence-electron chi connectivity index (χ2n) is 7.50. The molecule has 4 heteroatoms. The molecule has 29 heavy (non-hydrogen) atoms. The number of hydrogen-bond donors (Lipinski definition) is 2. The van der Waals surface area contributed by atoms with E-state index in [1.165, 1.54) is 27.6 Å². The predicted octanol–water partition coefficient (Wildman–Crippen LogP) is 5.81. The number of halogens is 1. The quantitative estimate of drug-likeness (QED) is 0.407. The summed E-state index contributed by atoms with van der Waals surface area (Å²) in [6.07, 6.45) is 3.17. The SMILES string of the molecule is Cl.c1ccc(COc2ccccc2[C@@H]2C[C@H]2NCc2cccc3cc[nH]c23)cc1. The summed E-state index contributed by atoms with van der Waals surface area (Å²) in [7, 11) is 0. The van der Waals surface area contributed by atoms with E-state index in [1.54, 1.807) is 0 Å². The van der Waals surface area contributed by atoms with Gasteiger partial charge in [-0.25, -0.2) is 0 Å². The van der Waals surface area contributed by atoms with Gasteiger partial charge in [-0.2, -0.15) is 0 Å². The Hall–Kier alpha value is -2.75. The molecule has 0 amide bonds. The van der Waals surface area contributed by atoms with Crippen LogP contribution in [-0.4, -0.2) is 11.0 Å². The molecule has 1 fully saturated rings. The Morgan fingerprint density at radius 1 is 0.897 bits per heavy atom. The van der Waals surface area contributed by atoms with Crippen LogP contribution in [0.3, 0.4) is 0 Å². The fourth-order valence-electron chi connectivity index (χ4n) is 3.96. The molecule has 0 spiro atoms. The van der Waals surface area contributed by atoms with E-state index >= 15 is 0 Å². The lowest BCUT2D eigenvalue weighted by atomic mass is 10.1. The Balaban J connectivity index is 0.00000205. The van der Waals surface area contributed by atoms with Crippen LogP contribution in [-0.2, 0) is 13.2 Å². The highest BCUT2D eigenvalue weighted by atomic mass is 35.5. The Bertz CT molecular complexity index is 1080. The Kier molecular flexibility index (Phi) is 5.89. The predicted molar refractivity (Wildman–Crippen MR) is 121 cm³/mol. The van der Waals surface area contributed by atoms with Gasteiger partial charge in [0.25, 0.3) is 0 Å². The van der Waals surface area contributed by atoms with Crippen molar-refractivity contribution in [2.45, 2.75) is 31.5 Å². The van der Waals surface area contributed by atoms with Gasteiger partial charge in [0, 0.05) is 30.2 Å². The van der Waals surface area contributed by atoms with Gasteiger partial charge in [0.15, 0.2) is 0 Å². The Labute approximate surface area is 177 Å². The molecule has 3 aromatic carbocycles. The van der Waals surface area contributed by atoms with Crippen LogP contribution in [0, 0.1) is 0 Å². The smallest absolute Gasteiger partial charge is 0.123 e. The van der Waals surface area contributed by atoms with Crippen molar-refractivity contribution in [2.24, 2.45) is 0 Å². The van der Waals surface area contributed by atoms with E-state index in [1.807, 2.05) is 12.3 Å². The lowest BCUT2D eigenvalue weighted by Crippen LogP contribution is -2.17. The molecule has 148 valence electrons. The third kappa shape index (κ3) is 4.31. The zero-order chi connectivity index (χ0) is 18.8. The van der Waals surface area contributed by atoms with Crippen molar-refractivity contribution < 1.29 is 4.74 Å². The summed E-state index contributed by atoms with van der Waals surface area (Å²) in [6.45, 7) is 1.49. The summed E-state index contributed by atoms with van der Waals surface area (Å²) in [6, 6.07) is 27.9. The maximum absolute atomic E-state index is 6.15. The highest BCUT2D eigenvalue weighted by Gasteiger charge is 2.39. The van der Waals surface area contributed by atoms with Gasteiger partial charge in [0.05, 0.1) is 0 Å². The molecule has 1 saturated carbocycles. The molecule has 2 N–H and O–H groups in total. The van der Waals surface area contributed by atoms with Crippen molar-refractivity contribution in [1.29, 1.82) is 0 Å². The number of fused-ring (bicyclic) bond motifs is 1. The second-order valence-corrected chi connectivity index (χ2v) is 7.50. The summed E-state index contributed by atoms with van der Waals surface area (Å²) >= 11 is 0. The molecule has 5 rings (SSSR count). The minimum Gasteiger partial charge on any atom is -0.489 e. The Morgan fingerprint density at radius 3 is 2.62 bits per heavy atom. The van der Waals surface area contributed by atoms with Crippen LogP contribution in [0.4, 0.5) is 0 Å². The van der Waals surface area contributed by atoms with Gasteiger partial charge in [-0.1, -0.05) is 66.7 Å². The van der Waals surface area contributed by atoms with Crippen LogP contribution in [0.2, 0.25) is 0 Å². The summed E-state index contributed by atoms with van der Waals surface area (Å²) in [5.74, 6) is 1.53. The fraction of sp³-hybridized carbons (Fsp3) is 0.200. The molecule has 1 aliphatic rings. The molecule has 0 saturated heterocycles. The van der Waals surface area contributed by atoms with E-state index < -0.39 is 0 Å². The van der Waals surface area contributed by atoms with E-state index in [9.17, 15) is 0 Å². The van der Waals surface area contributed by atoms with Crippen LogP contribution in [0.15, 0.2) is 85.1 Å². The van der Waals surface area contributed by atoms with E-state index in [-0.39, 0.29) is 12.4 Å². The van der Waals surface area contributed by atoms with E-state index in [4.69, 9.17) is 4.74 Å². The van der Waals surface area contributed by atoms with Gasteiger partial charge in [-0.15, -0.1) is 12.4 Å². The standard InChI is InChI=1S/C25H24N2O.ClH/c1-2-7-18(8-3-1)17-28-24-12-5-4-11-21(24)22-15-23(22)27-16-20-10-6-9-19-13-14-26-25(19)20;/h1-14,22-23,26-27H,15-17H2;1H/t22-,23+;/m0./s1. The number of hydrogen-bond acceptors (Lipinski definition) is 2. The summed E-state index contributed by atoms with van der Waals surface area (Å²) in [5, 5.41) is 5.00. The fourth-order valence-corrected chi connectivity index (χ4v) is 3.96. The number of aromatic amines is 1. The average molecular weight is 405 g/mol. The lowest BCUT2D eigenvalue weighted by molar-refractivity contribution is 0.302. The highest BCUT2D eigenvalue weighted by molar-refractivity contribution is 5.85. The summed E-state index contributed by atoms with van der Waals surface area (Å²) < 4.78 is 6.15. The van der Waals surface area contributed by atoms with Crippen molar-refractivity contribution in [3.05, 3.63) is 102 Å². The molecule has 3 nitrogen and oxygen atoms in total. The van der Waals surface area contributed by atoms with Crippen molar-refractivity contribution >= 4 is 23.3 Å². The number of para-hydroxylation sites is 2. The van der Waals surface area contributed by atoms with Gasteiger partial charge in [-0.05, 0) is 40.6 Å². The van der Waals surface area contributed by atoms with Gasteiger partial charge in [-0.3, -0.25) is 0 Å². The number of ether oxygens (including phenoxy) is 1. The summed E-state index contributed by atoms with van der Waals surface area (Å²) in [4.78, 5) is 3.36. The first-order valence-electron chi connectivity index (χ1n) is 9.92. The third-order valence-electron chi connectivity index (χ3n) is 5.57. The van der Waals surface area contributed by atoms with Crippen LogP contribution >= 0.6 is 12.4 Å². The lowest BCUT2D eigenvalue weighted by Gasteiger charge is -2.12. The van der Waals surface area contributed by atoms with Crippen LogP contribution in [0.25, 0.3) is 10.9 Å². The largest absolute Gasteiger partial charge is 0.489 e. The van der Waals surface area contributed by atoms with E-state index in [2.05, 4.69) is 83.1 Å². The van der Waals surface area contributed by atoms with Gasteiger partial charge < -0.3 is 15.0 Å². The van der Waals surface area contributed by atoms with Gasteiger partial charge in [0.1, 0.15) is 12.4 Å². The molecule has 0 radical (unpaired) electrons. The molecule has 2 atom stereocenters. The molecule has 4 aromatic rings. The van der Waals surface area contributed by atoms with Gasteiger partial charge >= 0.3 is 0 Å². The number of nitrogens with one attached hydrogen (secondary N) is 2. The molecule has 0 aliphatic heterocycles. The first-order chi connectivity index (χ1) is 13.9. The molecule has 0 unspecified atom stereocenters. The number of aromatic nitrogens is 1. The maximum atomic E-state index is 6.15. The van der Waals surface area contributed by atoms with Crippen LogP contribution < -0.4 is 10.1 Å². The number of rotatable bonds is 7. The summed E-state index contributed by atoms with van der Waals surface area (Å²) in [5.41, 5.74) is 5.07. The van der Waals surface area contributed by atoms with E-state index in [0.29, 0.717) is 18.6 Å². The zero-order valence-electron chi connectivity index (χ0n) is 16.2. The van der Waals surface area contributed by atoms with E-state index in [0.717, 1.165) is 18.7 Å². The van der Waals surface area contributed by atoms with Crippen LogP contribution in [0.1, 0.15) is 29.0 Å². The minimum absolute atomic E-state index is 0. The molecule has 0 bridgehead atoms. The van der Waals surface area contributed by atoms with Crippen molar-refractivity contribution in [2.75, 3.05) is 0 Å².